The van der Waals surface area contributed by atoms with Crippen LogP contribution in [0, 0.1) is 0 Å². The van der Waals surface area contributed by atoms with Gasteiger partial charge in [0.1, 0.15) is 5.75 Å². The number of rotatable bonds is 7. The number of benzene rings is 3. The van der Waals surface area contributed by atoms with E-state index in [2.05, 4.69) is 10.1 Å². The van der Waals surface area contributed by atoms with E-state index in [1.165, 1.54) is 7.11 Å². The lowest BCUT2D eigenvalue weighted by Crippen LogP contribution is -2.30. The molecule has 42 heavy (non-hydrogen) atoms. The van der Waals surface area contributed by atoms with Crippen LogP contribution >= 0.6 is 0 Å². The van der Waals surface area contributed by atoms with Crippen molar-refractivity contribution >= 4 is 6.09 Å². The maximum absolute atomic E-state index is 13.8. The summed E-state index contributed by atoms with van der Waals surface area (Å²) in [6, 6.07) is 6.83. The maximum atomic E-state index is 13.8. The van der Waals surface area contributed by atoms with Crippen molar-refractivity contribution in [2.45, 2.75) is 50.8 Å². The molecule has 0 heterocycles. The number of methoxy groups -OCH3 is 2. The van der Waals surface area contributed by atoms with E-state index in [9.17, 15) is 44.3 Å². The van der Waals surface area contributed by atoms with Gasteiger partial charge in [-0.05, 0) is 77.1 Å². The van der Waals surface area contributed by atoms with E-state index < -0.39 is 59.3 Å². The third-order valence-electron chi connectivity index (χ3n) is 6.50. The van der Waals surface area contributed by atoms with Crippen molar-refractivity contribution in [3.63, 3.8) is 0 Å². The monoisotopic (exact) mass is 607 g/mol. The quantitative estimate of drug-likeness (QED) is 0.273. The van der Waals surface area contributed by atoms with Crippen LogP contribution < -0.4 is 10.1 Å². The average molecular weight is 608 g/mol. The third-order valence-corrected chi connectivity index (χ3v) is 6.50. The zero-order chi connectivity index (χ0) is 31.6. The molecule has 1 unspecified atom stereocenters. The maximum Gasteiger partial charge on any atom is 0.416 e. The van der Waals surface area contributed by atoms with Gasteiger partial charge < -0.3 is 14.8 Å². The van der Waals surface area contributed by atoms with Gasteiger partial charge in [-0.25, -0.2) is 4.79 Å². The van der Waals surface area contributed by atoms with Crippen molar-refractivity contribution in [1.29, 1.82) is 0 Å². The molecule has 0 aliphatic carbocycles. The first-order valence-corrected chi connectivity index (χ1v) is 12.4. The van der Waals surface area contributed by atoms with Crippen molar-refractivity contribution in [2.75, 3.05) is 14.2 Å². The minimum absolute atomic E-state index is 0.0255. The van der Waals surface area contributed by atoms with E-state index in [0.29, 0.717) is 23.8 Å². The van der Waals surface area contributed by atoms with E-state index in [4.69, 9.17) is 4.74 Å². The lowest BCUT2D eigenvalue weighted by atomic mass is 9.87. The van der Waals surface area contributed by atoms with Crippen molar-refractivity contribution in [3.05, 3.63) is 88.0 Å². The number of hydrogen-bond donors (Lipinski definition) is 1. The molecule has 4 nitrogen and oxygen atoms in total. The Hall–Kier alpha value is -3.90. The fourth-order valence-corrected chi connectivity index (χ4v) is 4.38. The molecule has 0 saturated heterocycles. The number of carbonyl (C=O) groups excluding carboxylic acids is 1. The Balaban J connectivity index is 2.33. The Bertz CT molecular complexity index is 1400. The molecule has 3 aromatic rings. The zero-order valence-corrected chi connectivity index (χ0v) is 22.7. The molecule has 3 rings (SSSR count). The van der Waals surface area contributed by atoms with Crippen LogP contribution in [0.5, 0.6) is 5.75 Å². The summed E-state index contributed by atoms with van der Waals surface area (Å²) in [6.07, 6.45) is -17.1. The number of alkyl halides is 9. The van der Waals surface area contributed by atoms with Gasteiger partial charge in [-0.15, -0.1) is 0 Å². The minimum Gasteiger partial charge on any atom is -0.496 e. The molecule has 1 atom stereocenters. The molecule has 3 aromatic carbocycles. The lowest BCUT2D eigenvalue weighted by Gasteiger charge is -2.25. The van der Waals surface area contributed by atoms with Crippen molar-refractivity contribution in [2.24, 2.45) is 0 Å². The van der Waals surface area contributed by atoms with Crippen LogP contribution in [0.15, 0.2) is 54.6 Å². The van der Waals surface area contributed by atoms with Crippen LogP contribution in [0.1, 0.15) is 59.2 Å². The Kier molecular flexibility index (Phi) is 9.43. The molecule has 0 fully saturated rings. The van der Waals surface area contributed by atoms with E-state index in [1.54, 1.807) is 18.2 Å². The summed E-state index contributed by atoms with van der Waals surface area (Å²) in [5, 5.41) is 2.28. The minimum atomic E-state index is -5.16. The van der Waals surface area contributed by atoms with Gasteiger partial charge in [0.2, 0.25) is 0 Å². The molecule has 1 N–H and O–H groups in total. The fourth-order valence-electron chi connectivity index (χ4n) is 4.38. The van der Waals surface area contributed by atoms with Crippen LogP contribution in [0.4, 0.5) is 44.3 Å². The molecule has 13 heteroatoms. The molecule has 228 valence electrons. The van der Waals surface area contributed by atoms with Gasteiger partial charge in [-0.2, -0.15) is 39.5 Å². The highest BCUT2D eigenvalue weighted by molar-refractivity contribution is 5.76. The highest BCUT2D eigenvalue weighted by atomic mass is 19.4. The van der Waals surface area contributed by atoms with Crippen molar-refractivity contribution < 1.29 is 53.8 Å². The molecule has 0 radical (unpaired) electrons. The van der Waals surface area contributed by atoms with Crippen LogP contribution in [-0.4, -0.2) is 20.3 Å². The first-order chi connectivity index (χ1) is 19.3. The van der Waals surface area contributed by atoms with Crippen LogP contribution in [0.2, 0.25) is 0 Å². The molecule has 1 amide bonds. The lowest BCUT2D eigenvalue weighted by molar-refractivity contribution is -0.143. The van der Waals surface area contributed by atoms with Crippen LogP contribution in [0.25, 0.3) is 11.1 Å². The molecule has 0 spiro atoms. The Morgan fingerprint density at radius 1 is 0.738 bits per heavy atom. The van der Waals surface area contributed by atoms with E-state index in [0.717, 1.165) is 24.8 Å². The Morgan fingerprint density at radius 2 is 1.31 bits per heavy atom. The average Bonchev–Trinajstić information content (AvgIpc) is 2.90. The largest absolute Gasteiger partial charge is 0.496 e. The summed E-state index contributed by atoms with van der Waals surface area (Å²) >= 11 is 0. The Morgan fingerprint density at radius 3 is 1.79 bits per heavy atom. The third kappa shape index (κ3) is 7.68. The molecule has 0 aliphatic heterocycles. The number of carbonyl (C=O) groups is 1. The van der Waals surface area contributed by atoms with E-state index in [1.807, 2.05) is 13.8 Å². The topological polar surface area (TPSA) is 47.6 Å². The molecule has 0 aromatic heterocycles. The van der Waals surface area contributed by atoms with Gasteiger partial charge in [0.05, 0.1) is 37.0 Å². The summed E-state index contributed by atoms with van der Waals surface area (Å²) in [5.74, 6) is 0.207. The Labute approximate surface area is 235 Å². The molecule has 0 bridgehead atoms. The predicted molar refractivity (Wildman–Crippen MR) is 136 cm³/mol. The number of ether oxygens (including phenoxy) is 2. The summed E-state index contributed by atoms with van der Waals surface area (Å²) < 4.78 is 133. The zero-order valence-electron chi connectivity index (χ0n) is 22.7. The van der Waals surface area contributed by atoms with Crippen molar-refractivity contribution in [1.82, 2.24) is 5.32 Å². The number of amides is 1. The first kappa shape index (κ1) is 32.6. The number of alkyl carbamates (subject to hydrolysis) is 1. The molecule has 0 aliphatic rings. The van der Waals surface area contributed by atoms with Crippen LogP contribution in [0.3, 0.4) is 0 Å². The first-order valence-electron chi connectivity index (χ1n) is 12.4. The van der Waals surface area contributed by atoms with Gasteiger partial charge in [0.25, 0.3) is 0 Å². The van der Waals surface area contributed by atoms with Gasteiger partial charge in [0.15, 0.2) is 0 Å². The summed E-state index contributed by atoms with van der Waals surface area (Å²) in [4.78, 5) is 12.3. The van der Waals surface area contributed by atoms with Crippen molar-refractivity contribution in [3.8, 4) is 16.9 Å². The standard InChI is InChI=1S/C29H26F9NO3/c1-15(2)17-5-8-25(41-3)23(12-17)21-7-6-18(27(30,31)32)14-22(21)24(39-26(40)42-4)11-16-9-19(28(33,34)35)13-20(10-16)29(36,37)38/h5-10,12-15,24H,11H2,1-4H3,(H,39,40). The fraction of sp³-hybridized carbons (Fsp3) is 0.345. The second kappa shape index (κ2) is 12.1. The van der Waals surface area contributed by atoms with E-state index >= 15 is 0 Å². The number of nitrogens with one attached hydrogen (secondary N) is 1. The summed E-state index contributed by atoms with van der Waals surface area (Å²) in [7, 11) is 2.27. The van der Waals surface area contributed by atoms with Crippen LogP contribution in [-0.2, 0) is 29.7 Å². The number of hydrogen-bond acceptors (Lipinski definition) is 3. The SMILES string of the molecule is COC(=O)NC(Cc1cc(C(F)(F)F)cc(C(F)(F)F)c1)c1cc(C(F)(F)F)ccc1-c1cc(C(C)C)ccc1OC. The molecule has 0 saturated carbocycles. The second-order valence-electron chi connectivity index (χ2n) is 9.72. The van der Waals surface area contributed by atoms with Gasteiger partial charge in [-0.3, -0.25) is 0 Å². The van der Waals surface area contributed by atoms with E-state index in [-0.39, 0.29) is 28.9 Å². The highest BCUT2D eigenvalue weighted by Gasteiger charge is 2.38. The highest BCUT2D eigenvalue weighted by Crippen LogP contribution is 2.42. The van der Waals surface area contributed by atoms with Gasteiger partial charge in [0, 0.05) is 5.56 Å². The normalized spacial score (nSPS) is 13.2. The van der Waals surface area contributed by atoms with Gasteiger partial charge >= 0.3 is 24.6 Å². The summed E-state index contributed by atoms with van der Waals surface area (Å²) in [5.41, 5.74) is -3.99. The second-order valence-corrected chi connectivity index (χ2v) is 9.72. The van der Waals surface area contributed by atoms with Gasteiger partial charge in [-0.1, -0.05) is 26.0 Å². The molecular formula is C29H26F9NO3. The smallest absolute Gasteiger partial charge is 0.416 e. The summed E-state index contributed by atoms with van der Waals surface area (Å²) in [6.45, 7) is 3.74. The number of halogens is 9. The molecular weight excluding hydrogens is 581 g/mol. The predicted octanol–water partition coefficient (Wildman–Crippen LogP) is 9.18.